The number of carbonyl (C=O) groups is 2. The van der Waals surface area contributed by atoms with Crippen molar-refractivity contribution in [2.75, 3.05) is 6.54 Å². The predicted octanol–water partition coefficient (Wildman–Crippen LogP) is 3.65. The van der Waals surface area contributed by atoms with Gasteiger partial charge >= 0.3 is 6.09 Å². The van der Waals surface area contributed by atoms with Crippen molar-refractivity contribution < 1.29 is 14.3 Å². The molecule has 2 N–H and O–H groups in total. The Hall–Kier alpha value is -2.30. The molecule has 25 heavy (non-hydrogen) atoms. The van der Waals surface area contributed by atoms with Gasteiger partial charge in [-0.3, -0.25) is 4.79 Å². The SMILES string of the molecule is CC(C)(C)OC(=O)NC1(CNC(=O)/C=C/c2ccccc2)CCCC1. The predicted molar refractivity (Wildman–Crippen MR) is 99.1 cm³/mol. The first kappa shape index (κ1) is 19.0. The maximum Gasteiger partial charge on any atom is 0.408 e. The van der Waals surface area contributed by atoms with Crippen LogP contribution in [0, 0.1) is 0 Å². The van der Waals surface area contributed by atoms with Gasteiger partial charge in [0.2, 0.25) is 5.91 Å². The molecule has 0 bridgehead atoms. The Morgan fingerprint density at radius 3 is 2.40 bits per heavy atom. The largest absolute Gasteiger partial charge is 0.444 e. The highest BCUT2D eigenvalue weighted by Gasteiger charge is 2.36. The average Bonchev–Trinajstić information content (AvgIpc) is 2.99. The van der Waals surface area contributed by atoms with Gasteiger partial charge in [0, 0.05) is 12.6 Å². The first-order valence-electron chi connectivity index (χ1n) is 8.80. The monoisotopic (exact) mass is 344 g/mol. The van der Waals surface area contributed by atoms with Crippen molar-refractivity contribution in [1.29, 1.82) is 0 Å². The zero-order valence-electron chi connectivity index (χ0n) is 15.3. The first-order valence-corrected chi connectivity index (χ1v) is 8.80. The molecule has 1 aliphatic carbocycles. The van der Waals surface area contributed by atoms with E-state index < -0.39 is 17.2 Å². The van der Waals surface area contributed by atoms with Crippen LogP contribution in [0.15, 0.2) is 36.4 Å². The smallest absolute Gasteiger partial charge is 0.408 e. The molecule has 0 atom stereocenters. The van der Waals surface area contributed by atoms with E-state index in [1.165, 1.54) is 6.08 Å². The average molecular weight is 344 g/mol. The van der Waals surface area contributed by atoms with Gasteiger partial charge in [-0.15, -0.1) is 0 Å². The summed E-state index contributed by atoms with van der Waals surface area (Å²) in [5.74, 6) is -0.166. The molecule has 136 valence electrons. The number of ether oxygens (including phenoxy) is 1. The summed E-state index contributed by atoms with van der Waals surface area (Å²) in [7, 11) is 0. The van der Waals surface area contributed by atoms with Crippen molar-refractivity contribution >= 4 is 18.1 Å². The minimum atomic E-state index is -0.536. The van der Waals surface area contributed by atoms with Crippen LogP contribution < -0.4 is 10.6 Å². The standard InChI is InChI=1S/C20H28N2O3/c1-19(2,3)25-18(24)22-20(13-7-8-14-20)15-21-17(23)12-11-16-9-5-4-6-10-16/h4-6,9-12H,7-8,13-15H2,1-3H3,(H,21,23)(H,22,24)/b12-11+. The molecule has 0 radical (unpaired) electrons. The van der Waals surface area contributed by atoms with Gasteiger partial charge in [0.15, 0.2) is 0 Å². The molecule has 1 aromatic carbocycles. The number of nitrogens with one attached hydrogen (secondary N) is 2. The molecule has 1 aliphatic rings. The molecular formula is C20H28N2O3. The molecule has 0 aliphatic heterocycles. The van der Waals surface area contributed by atoms with Gasteiger partial charge in [-0.25, -0.2) is 4.79 Å². The number of rotatable bonds is 5. The maximum atomic E-state index is 12.1. The van der Waals surface area contributed by atoms with Crippen LogP contribution in [-0.2, 0) is 9.53 Å². The fourth-order valence-electron chi connectivity index (χ4n) is 2.97. The molecular weight excluding hydrogens is 316 g/mol. The third-order valence-corrected chi connectivity index (χ3v) is 4.15. The maximum absolute atomic E-state index is 12.1. The molecule has 0 heterocycles. The molecule has 0 spiro atoms. The number of alkyl carbamates (subject to hydrolysis) is 1. The van der Waals surface area contributed by atoms with E-state index in [-0.39, 0.29) is 5.91 Å². The number of hydrogen-bond donors (Lipinski definition) is 2. The summed E-state index contributed by atoms with van der Waals surface area (Å²) in [5.41, 5.74) is 0.0181. The fraction of sp³-hybridized carbons (Fsp3) is 0.500. The zero-order valence-corrected chi connectivity index (χ0v) is 15.3. The third-order valence-electron chi connectivity index (χ3n) is 4.15. The lowest BCUT2D eigenvalue weighted by molar-refractivity contribution is -0.116. The van der Waals surface area contributed by atoms with Crippen molar-refractivity contribution in [3.8, 4) is 0 Å². The van der Waals surface area contributed by atoms with Crippen LogP contribution in [0.1, 0.15) is 52.0 Å². The van der Waals surface area contributed by atoms with Crippen LogP contribution in [0.5, 0.6) is 0 Å². The summed E-state index contributed by atoms with van der Waals surface area (Å²) in [6.07, 6.45) is 6.62. The van der Waals surface area contributed by atoms with Crippen molar-refractivity contribution in [2.45, 2.75) is 57.6 Å². The van der Waals surface area contributed by atoms with E-state index in [1.807, 2.05) is 51.1 Å². The zero-order chi connectivity index (χ0) is 18.3. The van der Waals surface area contributed by atoms with Gasteiger partial charge in [-0.1, -0.05) is 43.2 Å². The van der Waals surface area contributed by atoms with Gasteiger partial charge in [-0.05, 0) is 45.3 Å². The summed E-state index contributed by atoms with van der Waals surface area (Å²) < 4.78 is 5.36. The lowest BCUT2D eigenvalue weighted by Crippen LogP contribution is -2.54. The van der Waals surface area contributed by atoms with Crippen molar-refractivity contribution in [3.63, 3.8) is 0 Å². The van der Waals surface area contributed by atoms with Crippen LogP contribution in [0.4, 0.5) is 4.79 Å². The van der Waals surface area contributed by atoms with Gasteiger partial charge in [0.1, 0.15) is 5.60 Å². The van der Waals surface area contributed by atoms with Gasteiger partial charge in [0.05, 0.1) is 5.54 Å². The third kappa shape index (κ3) is 6.61. The molecule has 1 saturated carbocycles. The second-order valence-electron chi connectivity index (χ2n) is 7.58. The van der Waals surface area contributed by atoms with E-state index in [1.54, 1.807) is 6.08 Å². The van der Waals surface area contributed by atoms with Crippen molar-refractivity contribution in [2.24, 2.45) is 0 Å². The Bertz CT molecular complexity index is 612. The van der Waals surface area contributed by atoms with Gasteiger partial charge in [-0.2, -0.15) is 0 Å². The lowest BCUT2D eigenvalue weighted by atomic mass is 9.97. The summed E-state index contributed by atoms with van der Waals surface area (Å²) in [6.45, 7) is 5.92. The Balaban J connectivity index is 1.89. The highest BCUT2D eigenvalue weighted by Crippen LogP contribution is 2.29. The van der Waals surface area contributed by atoms with E-state index in [9.17, 15) is 9.59 Å². The highest BCUT2D eigenvalue weighted by molar-refractivity contribution is 5.91. The van der Waals surface area contributed by atoms with E-state index in [2.05, 4.69) is 10.6 Å². The molecule has 2 amide bonds. The van der Waals surface area contributed by atoms with E-state index in [0.29, 0.717) is 6.54 Å². The summed E-state index contributed by atoms with van der Waals surface area (Å²) in [6, 6.07) is 9.66. The Labute approximate surface area is 149 Å². The van der Waals surface area contributed by atoms with Crippen molar-refractivity contribution in [1.82, 2.24) is 10.6 Å². The molecule has 0 aromatic heterocycles. The van der Waals surface area contributed by atoms with Crippen LogP contribution in [-0.4, -0.2) is 29.7 Å². The van der Waals surface area contributed by atoms with Crippen molar-refractivity contribution in [3.05, 3.63) is 42.0 Å². The second kappa shape index (κ2) is 8.19. The Kier molecular flexibility index (Phi) is 6.23. The Morgan fingerprint density at radius 1 is 1.16 bits per heavy atom. The number of benzene rings is 1. The van der Waals surface area contributed by atoms with Gasteiger partial charge < -0.3 is 15.4 Å². The molecule has 1 aromatic rings. The topological polar surface area (TPSA) is 67.4 Å². The summed E-state index contributed by atoms with van der Waals surface area (Å²) >= 11 is 0. The Morgan fingerprint density at radius 2 is 1.80 bits per heavy atom. The lowest BCUT2D eigenvalue weighted by Gasteiger charge is -2.31. The van der Waals surface area contributed by atoms with E-state index in [4.69, 9.17) is 4.74 Å². The minimum Gasteiger partial charge on any atom is -0.444 e. The summed E-state index contributed by atoms with van der Waals surface area (Å²) in [4.78, 5) is 24.2. The highest BCUT2D eigenvalue weighted by atomic mass is 16.6. The molecule has 2 rings (SSSR count). The van der Waals surface area contributed by atoms with Gasteiger partial charge in [0.25, 0.3) is 0 Å². The first-order chi connectivity index (χ1) is 11.8. The van der Waals surface area contributed by atoms with E-state index in [0.717, 1.165) is 31.2 Å². The normalized spacial score (nSPS) is 16.6. The number of amides is 2. The quantitative estimate of drug-likeness (QED) is 0.801. The molecule has 0 unspecified atom stereocenters. The molecule has 5 heteroatoms. The van der Waals surface area contributed by atoms with Crippen LogP contribution in [0.2, 0.25) is 0 Å². The van der Waals surface area contributed by atoms with Crippen LogP contribution >= 0.6 is 0 Å². The van der Waals surface area contributed by atoms with E-state index >= 15 is 0 Å². The van der Waals surface area contributed by atoms with Crippen LogP contribution in [0.3, 0.4) is 0 Å². The summed E-state index contributed by atoms with van der Waals surface area (Å²) in [5, 5.41) is 5.89. The van der Waals surface area contributed by atoms with Crippen LogP contribution in [0.25, 0.3) is 6.08 Å². The molecule has 5 nitrogen and oxygen atoms in total. The second-order valence-corrected chi connectivity index (χ2v) is 7.58. The fourth-order valence-corrected chi connectivity index (χ4v) is 2.97. The number of hydrogen-bond acceptors (Lipinski definition) is 3. The molecule has 1 fully saturated rings. The minimum absolute atomic E-state index is 0.166. The molecule has 0 saturated heterocycles. The number of carbonyl (C=O) groups excluding carboxylic acids is 2.